The molecule has 1 unspecified atom stereocenters. The Bertz CT molecular complexity index is 369. The predicted octanol–water partition coefficient (Wildman–Crippen LogP) is 3.37. The van der Waals surface area contributed by atoms with E-state index in [4.69, 9.17) is 4.74 Å². The molecule has 0 amide bonds. The van der Waals surface area contributed by atoms with Crippen LogP contribution < -0.4 is 5.32 Å². The maximum Gasteiger partial charge on any atom is 0.414 e. The van der Waals surface area contributed by atoms with Gasteiger partial charge in [-0.3, -0.25) is 4.98 Å². The average Bonchev–Trinajstić information content (AvgIpc) is 2.32. The highest BCUT2D eigenvalue weighted by molar-refractivity contribution is 5.42. The molecule has 6 heteroatoms. The first-order valence-electron chi connectivity index (χ1n) is 5.80. The molecule has 3 nitrogen and oxygen atoms in total. The molecule has 0 fully saturated rings. The Morgan fingerprint density at radius 1 is 1.44 bits per heavy atom. The molecule has 1 N–H and O–H groups in total. The molecule has 1 rings (SSSR count). The Kier molecular flexibility index (Phi) is 5.40. The largest absolute Gasteiger partial charge is 0.414 e. The van der Waals surface area contributed by atoms with E-state index in [0.29, 0.717) is 5.69 Å². The normalized spacial score (nSPS) is 13.4. The predicted molar refractivity (Wildman–Crippen MR) is 63.3 cm³/mol. The second-order valence-electron chi connectivity index (χ2n) is 3.96. The number of nitrogens with one attached hydrogen (secondary N) is 1. The van der Waals surface area contributed by atoms with Crippen molar-refractivity contribution in [2.75, 3.05) is 11.9 Å². The zero-order valence-corrected chi connectivity index (χ0v) is 10.4. The lowest BCUT2D eigenvalue weighted by atomic mass is 10.3. The van der Waals surface area contributed by atoms with Crippen LogP contribution >= 0.6 is 0 Å². The highest BCUT2D eigenvalue weighted by Gasteiger charge is 2.36. The first-order chi connectivity index (χ1) is 8.43. The van der Waals surface area contributed by atoms with Gasteiger partial charge in [-0.2, -0.15) is 13.2 Å². The second-order valence-corrected chi connectivity index (χ2v) is 3.96. The van der Waals surface area contributed by atoms with Crippen LogP contribution in [-0.2, 0) is 11.3 Å². The number of hydrogen-bond donors (Lipinski definition) is 1. The van der Waals surface area contributed by atoms with Gasteiger partial charge in [0.05, 0.1) is 12.3 Å². The summed E-state index contributed by atoms with van der Waals surface area (Å²) < 4.78 is 41.5. The fourth-order valence-electron chi connectivity index (χ4n) is 1.24. The van der Waals surface area contributed by atoms with Crippen molar-refractivity contribution in [2.45, 2.75) is 39.2 Å². The van der Waals surface area contributed by atoms with Crippen molar-refractivity contribution in [2.24, 2.45) is 0 Å². The molecule has 0 aliphatic carbocycles. The van der Waals surface area contributed by atoms with Gasteiger partial charge < -0.3 is 10.1 Å². The summed E-state index contributed by atoms with van der Waals surface area (Å²) >= 11 is 0. The van der Waals surface area contributed by atoms with E-state index in [1.165, 1.54) is 0 Å². The molecule has 0 bridgehead atoms. The first kappa shape index (κ1) is 14.8. The van der Waals surface area contributed by atoms with Crippen LogP contribution in [0.25, 0.3) is 0 Å². The highest BCUT2D eigenvalue weighted by atomic mass is 19.4. The number of aromatic nitrogens is 1. The standard InChI is InChI=1S/C12H17F3N2O/c1-3-5-16-10-4-6-17-11(7-10)8-18-9(2)12(13,14)15/h4,6-7,9H,3,5,8H2,1-2H3,(H,16,17). The average molecular weight is 262 g/mol. The van der Waals surface area contributed by atoms with Crippen LogP contribution in [0.4, 0.5) is 18.9 Å². The van der Waals surface area contributed by atoms with Crippen LogP contribution in [0.1, 0.15) is 26.0 Å². The SMILES string of the molecule is CCCNc1ccnc(COC(C)C(F)(F)F)c1. The van der Waals surface area contributed by atoms with Gasteiger partial charge in [-0.25, -0.2) is 0 Å². The number of anilines is 1. The lowest BCUT2D eigenvalue weighted by Gasteiger charge is -2.16. The molecule has 0 aliphatic rings. The van der Waals surface area contributed by atoms with Crippen molar-refractivity contribution in [3.05, 3.63) is 24.0 Å². The molecule has 0 saturated carbocycles. The zero-order valence-electron chi connectivity index (χ0n) is 10.4. The quantitative estimate of drug-likeness (QED) is 0.853. The van der Waals surface area contributed by atoms with Gasteiger partial charge in [0.25, 0.3) is 0 Å². The third-order valence-electron chi connectivity index (χ3n) is 2.34. The van der Waals surface area contributed by atoms with Crippen molar-refractivity contribution in [3.63, 3.8) is 0 Å². The summed E-state index contributed by atoms with van der Waals surface area (Å²) in [5.74, 6) is 0. The maximum atomic E-state index is 12.2. The summed E-state index contributed by atoms with van der Waals surface area (Å²) in [6.07, 6.45) is -3.60. The maximum absolute atomic E-state index is 12.2. The van der Waals surface area contributed by atoms with Crippen LogP contribution in [0, 0.1) is 0 Å². The van der Waals surface area contributed by atoms with Gasteiger partial charge >= 0.3 is 6.18 Å². The minimum absolute atomic E-state index is 0.150. The zero-order chi connectivity index (χ0) is 13.6. The van der Waals surface area contributed by atoms with Gasteiger partial charge in [0.15, 0.2) is 6.10 Å². The Labute approximate surface area is 104 Å². The van der Waals surface area contributed by atoms with E-state index in [9.17, 15) is 13.2 Å². The smallest absolute Gasteiger partial charge is 0.385 e. The monoisotopic (exact) mass is 262 g/mol. The van der Waals surface area contributed by atoms with E-state index >= 15 is 0 Å². The summed E-state index contributed by atoms with van der Waals surface area (Å²) in [7, 11) is 0. The van der Waals surface area contributed by atoms with Crippen molar-refractivity contribution in [3.8, 4) is 0 Å². The van der Waals surface area contributed by atoms with Crippen molar-refractivity contribution < 1.29 is 17.9 Å². The molecule has 0 saturated heterocycles. The molecule has 102 valence electrons. The minimum atomic E-state index is -4.34. The van der Waals surface area contributed by atoms with Crippen LogP contribution in [0.3, 0.4) is 0 Å². The summed E-state index contributed by atoms with van der Waals surface area (Å²) in [5, 5.41) is 3.13. The summed E-state index contributed by atoms with van der Waals surface area (Å²) in [6.45, 7) is 3.67. The van der Waals surface area contributed by atoms with Crippen LogP contribution in [-0.4, -0.2) is 23.8 Å². The van der Waals surface area contributed by atoms with E-state index in [-0.39, 0.29) is 6.61 Å². The van der Waals surface area contributed by atoms with Crippen molar-refractivity contribution in [1.29, 1.82) is 0 Å². The Balaban J connectivity index is 2.52. The van der Waals surface area contributed by atoms with Crippen LogP contribution in [0.2, 0.25) is 0 Å². The third-order valence-corrected chi connectivity index (χ3v) is 2.34. The molecule has 1 aromatic rings. The van der Waals surface area contributed by atoms with Gasteiger partial charge in [-0.05, 0) is 25.5 Å². The Morgan fingerprint density at radius 2 is 2.17 bits per heavy atom. The van der Waals surface area contributed by atoms with Gasteiger partial charge in [0, 0.05) is 18.4 Å². The van der Waals surface area contributed by atoms with Crippen molar-refractivity contribution in [1.82, 2.24) is 4.98 Å². The van der Waals surface area contributed by atoms with Crippen molar-refractivity contribution >= 4 is 5.69 Å². The lowest BCUT2D eigenvalue weighted by molar-refractivity contribution is -0.217. The van der Waals surface area contributed by atoms with Gasteiger partial charge in [0.2, 0.25) is 0 Å². The van der Waals surface area contributed by atoms with E-state index in [1.807, 2.05) is 6.92 Å². The van der Waals surface area contributed by atoms with Gasteiger partial charge in [0.1, 0.15) is 0 Å². The fraction of sp³-hybridized carbons (Fsp3) is 0.583. The fourth-order valence-corrected chi connectivity index (χ4v) is 1.24. The number of rotatable bonds is 6. The lowest BCUT2D eigenvalue weighted by Crippen LogP contribution is -2.28. The van der Waals surface area contributed by atoms with E-state index < -0.39 is 12.3 Å². The number of halogens is 3. The minimum Gasteiger partial charge on any atom is -0.385 e. The molecule has 0 aromatic carbocycles. The molecule has 0 radical (unpaired) electrons. The van der Waals surface area contributed by atoms with Gasteiger partial charge in [-0.15, -0.1) is 0 Å². The molecular formula is C12H17F3N2O. The Morgan fingerprint density at radius 3 is 2.78 bits per heavy atom. The molecule has 18 heavy (non-hydrogen) atoms. The number of hydrogen-bond acceptors (Lipinski definition) is 3. The summed E-state index contributed by atoms with van der Waals surface area (Å²) in [6, 6.07) is 3.46. The number of alkyl halides is 3. The van der Waals surface area contributed by atoms with E-state index in [1.54, 1.807) is 18.3 Å². The molecule has 1 aromatic heterocycles. The third kappa shape index (κ3) is 4.91. The molecule has 0 spiro atoms. The molecule has 0 aliphatic heterocycles. The molecule has 1 atom stereocenters. The van der Waals surface area contributed by atoms with Crippen LogP contribution in [0.15, 0.2) is 18.3 Å². The second kappa shape index (κ2) is 6.58. The topological polar surface area (TPSA) is 34.2 Å². The molecule has 1 heterocycles. The van der Waals surface area contributed by atoms with Crippen LogP contribution in [0.5, 0.6) is 0 Å². The summed E-state index contributed by atoms with van der Waals surface area (Å²) in [4.78, 5) is 3.97. The number of ether oxygens (including phenoxy) is 1. The highest BCUT2D eigenvalue weighted by Crippen LogP contribution is 2.23. The molecular weight excluding hydrogens is 245 g/mol. The van der Waals surface area contributed by atoms with E-state index in [2.05, 4.69) is 10.3 Å². The Hall–Kier alpha value is -1.30. The first-order valence-corrected chi connectivity index (χ1v) is 5.80. The number of nitrogens with zero attached hydrogens (tertiary/aromatic N) is 1. The number of pyridine rings is 1. The van der Waals surface area contributed by atoms with E-state index in [0.717, 1.165) is 25.6 Å². The summed E-state index contributed by atoms with van der Waals surface area (Å²) in [5.41, 5.74) is 1.32. The van der Waals surface area contributed by atoms with Gasteiger partial charge in [-0.1, -0.05) is 6.92 Å².